The number of rotatable bonds is 5. The van der Waals surface area contributed by atoms with Crippen LogP contribution in [-0.2, 0) is 0 Å². The topological polar surface area (TPSA) is 38.0 Å². The van der Waals surface area contributed by atoms with E-state index in [1.54, 1.807) is 0 Å². The van der Waals surface area contributed by atoms with E-state index < -0.39 is 0 Å². The first-order chi connectivity index (χ1) is 4.31. The predicted octanol–water partition coefficient (Wildman–Crippen LogP) is 1.19. The van der Waals surface area contributed by atoms with Crippen molar-refractivity contribution in [2.24, 2.45) is 5.84 Å². The largest absolute Gasteiger partial charge is 0.271 e. The molecule has 0 aromatic heterocycles. The molecule has 0 radical (unpaired) electrons. The highest BCUT2D eigenvalue weighted by atomic mass is 15.2. The highest BCUT2D eigenvalue weighted by molar-refractivity contribution is 4.67. The van der Waals surface area contributed by atoms with Gasteiger partial charge in [0, 0.05) is 6.04 Å². The second kappa shape index (κ2) is 5.79. The third kappa shape index (κ3) is 5.53. The van der Waals surface area contributed by atoms with E-state index in [1.165, 1.54) is 6.42 Å². The SMILES string of the molecule is C=CCCCC(C)NN. The van der Waals surface area contributed by atoms with Gasteiger partial charge >= 0.3 is 0 Å². The predicted molar refractivity (Wildman–Crippen MR) is 40.8 cm³/mol. The molecule has 0 aliphatic carbocycles. The minimum Gasteiger partial charge on any atom is -0.271 e. The molecule has 54 valence electrons. The van der Waals surface area contributed by atoms with Gasteiger partial charge in [-0.25, -0.2) is 0 Å². The van der Waals surface area contributed by atoms with Crippen LogP contribution >= 0.6 is 0 Å². The lowest BCUT2D eigenvalue weighted by Gasteiger charge is -2.06. The molecule has 0 spiro atoms. The van der Waals surface area contributed by atoms with E-state index in [1.807, 2.05) is 6.08 Å². The van der Waals surface area contributed by atoms with E-state index >= 15 is 0 Å². The maximum atomic E-state index is 5.18. The average Bonchev–Trinajstić information content (AvgIpc) is 1.89. The summed E-state index contributed by atoms with van der Waals surface area (Å²) < 4.78 is 0. The van der Waals surface area contributed by atoms with Gasteiger partial charge in [-0.3, -0.25) is 11.3 Å². The Balaban J connectivity index is 2.96. The summed E-state index contributed by atoms with van der Waals surface area (Å²) in [6.45, 7) is 5.70. The van der Waals surface area contributed by atoms with Gasteiger partial charge in [-0.2, -0.15) is 0 Å². The van der Waals surface area contributed by atoms with Crippen molar-refractivity contribution in [3.8, 4) is 0 Å². The molecule has 0 saturated carbocycles. The Bertz CT molecular complexity index is 71.3. The maximum Gasteiger partial charge on any atom is 0.0182 e. The quantitative estimate of drug-likeness (QED) is 0.253. The van der Waals surface area contributed by atoms with E-state index in [9.17, 15) is 0 Å². The number of nitrogens with two attached hydrogens (primary N) is 1. The fourth-order valence-electron chi connectivity index (χ4n) is 0.652. The standard InChI is InChI=1S/C7H16N2/c1-3-4-5-6-7(2)9-8/h3,7,9H,1,4-6,8H2,2H3. The number of nitrogens with one attached hydrogen (secondary N) is 1. The Kier molecular flexibility index (Phi) is 5.57. The molecule has 0 amide bonds. The number of hydrogen-bond donors (Lipinski definition) is 2. The molecule has 0 aromatic rings. The molecule has 0 aromatic carbocycles. The smallest absolute Gasteiger partial charge is 0.0182 e. The van der Waals surface area contributed by atoms with Crippen LogP contribution in [-0.4, -0.2) is 6.04 Å². The third-order valence-electron chi connectivity index (χ3n) is 1.33. The molecule has 0 fully saturated rings. The third-order valence-corrected chi connectivity index (χ3v) is 1.33. The van der Waals surface area contributed by atoms with Crippen molar-refractivity contribution in [2.45, 2.75) is 32.2 Å². The van der Waals surface area contributed by atoms with E-state index in [4.69, 9.17) is 5.84 Å². The van der Waals surface area contributed by atoms with Gasteiger partial charge in [-0.15, -0.1) is 6.58 Å². The van der Waals surface area contributed by atoms with Crippen LogP contribution in [0, 0.1) is 0 Å². The zero-order valence-corrected chi connectivity index (χ0v) is 6.06. The molecule has 0 rings (SSSR count). The van der Waals surface area contributed by atoms with E-state index in [0.717, 1.165) is 12.8 Å². The van der Waals surface area contributed by atoms with Gasteiger partial charge in [-0.05, 0) is 26.2 Å². The molecule has 1 atom stereocenters. The molecular weight excluding hydrogens is 112 g/mol. The van der Waals surface area contributed by atoms with Crippen molar-refractivity contribution in [3.05, 3.63) is 12.7 Å². The van der Waals surface area contributed by atoms with Gasteiger partial charge in [0.15, 0.2) is 0 Å². The van der Waals surface area contributed by atoms with Crippen molar-refractivity contribution in [2.75, 3.05) is 0 Å². The number of hydrogen-bond acceptors (Lipinski definition) is 2. The van der Waals surface area contributed by atoms with Crippen LogP contribution in [0.2, 0.25) is 0 Å². The maximum absolute atomic E-state index is 5.18. The van der Waals surface area contributed by atoms with Crippen LogP contribution in [0.15, 0.2) is 12.7 Å². The van der Waals surface area contributed by atoms with Crippen molar-refractivity contribution < 1.29 is 0 Å². The van der Waals surface area contributed by atoms with Gasteiger partial charge in [0.2, 0.25) is 0 Å². The molecule has 0 saturated heterocycles. The van der Waals surface area contributed by atoms with Gasteiger partial charge in [-0.1, -0.05) is 6.08 Å². The van der Waals surface area contributed by atoms with Crippen molar-refractivity contribution in [1.82, 2.24) is 5.43 Å². The Morgan fingerprint density at radius 3 is 2.89 bits per heavy atom. The summed E-state index contributed by atoms with van der Waals surface area (Å²) in [6, 6.07) is 0.435. The Labute approximate surface area is 57.1 Å². The average molecular weight is 128 g/mol. The van der Waals surface area contributed by atoms with Crippen LogP contribution in [0.5, 0.6) is 0 Å². The molecule has 3 N–H and O–H groups in total. The molecule has 2 heteroatoms. The van der Waals surface area contributed by atoms with E-state index in [0.29, 0.717) is 6.04 Å². The number of hydrazine groups is 1. The molecule has 0 aliphatic heterocycles. The molecule has 1 unspecified atom stereocenters. The first-order valence-electron chi connectivity index (χ1n) is 3.38. The molecular formula is C7H16N2. The summed E-state index contributed by atoms with van der Waals surface area (Å²) in [4.78, 5) is 0. The van der Waals surface area contributed by atoms with E-state index in [-0.39, 0.29) is 0 Å². The highest BCUT2D eigenvalue weighted by Gasteiger charge is 1.94. The lowest BCUT2D eigenvalue weighted by atomic mass is 10.1. The lowest BCUT2D eigenvalue weighted by Crippen LogP contribution is -2.32. The second-order valence-corrected chi connectivity index (χ2v) is 2.29. The highest BCUT2D eigenvalue weighted by Crippen LogP contribution is 1.98. The minimum absolute atomic E-state index is 0.435. The number of allylic oxidation sites excluding steroid dienone is 1. The van der Waals surface area contributed by atoms with Gasteiger partial charge in [0.1, 0.15) is 0 Å². The minimum atomic E-state index is 0.435. The van der Waals surface area contributed by atoms with Crippen LogP contribution < -0.4 is 11.3 Å². The molecule has 0 bridgehead atoms. The van der Waals surface area contributed by atoms with Gasteiger partial charge < -0.3 is 0 Å². The molecule has 0 heterocycles. The first kappa shape index (κ1) is 8.66. The summed E-state index contributed by atoms with van der Waals surface area (Å²) in [7, 11) is 0. The van der Waals surface area contributed by atoms with Crippen LogP contribution in [0.1, 0.15) is 26.2 Å². The van der Waals surface area contributed by atoms with Crippen LogP contribution in [0.25, 0.3) is 0 Å². The Hall–Kier alpha value is -0.340. The first-order valence-corrected chi connectivity index (χ1v) is 3.38. The van der Waals surface area contributed by atoms with Crippen molar-refractivity contribution in [3.63, 3.8) is 0 Å². The van der Waals surface area contributed by atoms with Crippen molar-refractivity contribution in [1.29, 1.82) is 0 Å². The summed E-state index contributed by atoms with van der Waals surface area (Å²) in [5, 5.41) is 0. The molecule has 9 heavy (non-hydrogen) atoms. The fraction of sp³-hybridized carbons (Fsp3) is 0.714. The van der Waals surface area contributed by atoms with Crippen LogP contribution in [0.3, 0.4) is 0 Å². The van der Waals surface area contributed by atoms with Gasteiger partial charge in [0.25, 0.3) is 0 Å². The zero-order chi connectivity index (χ0) is 7.11. The number of unbranched alkanes of at least 4 members (excludes halogenated alkanes) is 1. The van der Waals surface area contributed by atoms with Crippen LogP contribution in [0.4, 0.5) is 0 Å². The van der Waals surface area contributed by atoms with Crippen molar-refractivity contribution >= 4 is 0 Å². The summed E-state index contributed by atoms with van der Waals surface area (Å²) in [5.74, 6) is 5.18. The molecule has 0 aliphatic rings. The van der Waals surface area contributed by atoms with Gasteiger partial charge in [0.05, 0.1) is 0 Å². The normalized spacial score (nSPS) is 13.1. The summed E-state index contributed by atoms with van der Waals surface area (Å²) in [5.41, 5.74) is 2.69. The Morgan fingerprint density at radius 2 is 2.44 bits per heavy atom. The second-order valence-electron chi connectivity index (χ2n) is 2.29. The zero-order valence-electron chi connectivity index (χ0n) is 6.06. The molecule has 2 nitrogen and oxygen atoms in total. The lowest BCUT2D eigenvalue weighted by molar-refractivity contribution is 0.516. The summed E-state index contributed by atoms with van der Waals surface area (Å²) in [6.07, 6.45) is 5.33. The fourth-order valence-corrected chi connectivity index (χ4v) is 0.652. The monoisotopic (exact) mass is 128 g/mol. The summed E-state index contributed by atoms with van der Waals surface area (Å²) >= 11 is 0. The van der Waals surface area contributed by atoms with E-state index in [2.05, 4.69) is 18.9 Å². The Morgan fingerprint density at radius 1 is 1.78 bits per heavy atom.